The van der Waals surface area contributed by atoms with Gasteiger partial charge in [-0.15, -0.1) is 0 Å². The van der Waals surface area contributed by atoms with Gasteiger partial charge in [0.05, 0.1) is 19.3 Å². The van der Waals surface area contributed by atoms with Crippen molar-refractivity contribution in [2.45, 2.75) is 13.5 Å². The highest BCUT2D eigenvalue weighted by molar-refractivity contribution is 6.04. The van der Waals surface area contributed by atoms with Crippen molar-refractivity contribution in [3.05, 3.63) is 53.6 Å². The van der Waals surface area contributed by atoms with Crippen LogP contribution in [0.5, 0.6) is 11.5 Å². The first-order valence-corrected chi connectivity index (χ1v) is 7.66. The highest BCUT2D eigenvalue weighted by Crippen LogP contribution is 2.29. The molecule has 0 radical (unpaired) electrons. The number of alkyl halides is 2. The molecule has 0 spiro atoms. The number of hydrogen-bond acceptors (Lipinski definition) is 5. The van der Waals surface area contributed by atoms with Crippen LogP contribution in [0.4, 0.5) is 14.5 Å². The standard InChI is InChI=1S/C18H17F2NO5/c1-3-25-17(23)11-4-7-13(8-5-11)21-16(22)12-6-9-14(26-18(19)20)15(10-12)24-2/h4-10,18H,3H2,1-2H3,(H,21,22). The number of ether oxygens (including phenoxy) is 3. The Labute approximate surface area is 148 Å². The van der Waals surface area contributed by atoms with Crippen LogP contribution in [0.2, 0.25) is 0 Å². The normalized spacial score (nSPS) is 10.3. The van der Waals surface area contributed by atoms with Crippen LogP contribution in [0.3, 0.4) is 0 Å². The summed E-state index contributed by atoms with van der Waals surface area (Å²) >= 11 is 0. The number of rotatable bonds is 7. The smallest absolute Gasteiger partial charge is 0.387 e. The molecule has 2 rings (SSSR count). The molecule has 2 aromatic rings. The topological polar surface area (TPSA) is 73.9 Å². The molecule has 0 saturated heterocycles. The third-order valence-electron chi connectivity index (χ3n) is 3.30. The fraction of sp³-hybridized carbons (Fsp3) is 0.222. The molecule has 0 aliphatic heterocycles. The maximum absolute atomic E-state index is 12.3. The van der Waals surface area contributed by atoms with Crippen molar-refractivity contribution in [1.29, 1.82) is 0 Å². The first kappa shape index (κ1) is 19.2. The Bertz CT molecular complexity index is 778. The minimum atomic E-state index is -3.00. The molecule has 0 unspecified atom stereocenters. The van der Waals surface area contributed by atoms with Crippen molar-refractivity contribution in [3.8, 4) is 11.5 Å². The number of anilines is 1. The monoisotopic (exact) mass is 365 g/mol. The van der Waals surface area contributed by atoms with Crippen molar-refractivity contribution in [2.75, 3.05) is 19.0 Å². The van der Waals surface area contributed by atoms with Crippen LogP contribution < -0.4 is 14.8 Å². The highest BCUT2D eigenvalue weighted by atomic mass is 19.3. The average Bonchev–Trinajstić information content (AvgIpc) is 2.62. The minimum Gasteiger partial charge on any atom is -0.493 e. The van der Waals surface area contributed by atoms with Crippen LogP contribution >= 0.6 is 0 Å². The number of halogens is 2. The Balaban J connectivity index is 2.10. The summed E-state index contributed by atoms with van der Waals surface area (Å²) in [5.41, 5.74) is 1.01. The number of amides is 1. The van der Waals surface area contributed by atoms with E-state index in [-0.39, 0.29) is 23.7 Å². The molecule has 138 valence electrons. The molecule has 0 heterocycles. The Morgan fingerprint density at radius 1 is 1.04 bits per heavy atom. The summed E-state index contributed by atoms with van der Waals surface area (Å²) in [6.07, 6.45) is 0. The SMILES string of the molecule is CCOC(=O)c1ccc(NC(=O)c2ccc(OC(F)F)c(OC)c2)cc1. The van der Waals surface area contributed by atoms with Gasteiger partial charge in [0.15, 0.2) is 11.5 Å². The van der Waals surface area contributed by atoms with Crippen LogP contribution in [-0.4, -0.2) is 32.2 Å². The summed E-state index contributed by atoms with van der Waals surface area (Å²) in [6, 6.07) is 10.00. The van der Waals surface area contributed by atoms with Gasteiger partial charge in [-0.1, -0.05) is 0 Å². The van der Waals surface area contributed by atoms with Crippen molar-refractivity contribution < 1.29 is 32.6 Å². The molecule has 0 aromatic heterocycles. The Morgan fingerprint density at radius 3 is 2.27 bits per heavy atom. The van der Waals surface area contributed by atoms with Gasteiger partial charge in [0.25, 0.3) is 5.91 Å². The van der Waals surface area contributed by atoms with E-state index in [4.69, 9.17) is 9.47 Å². The first-order valence-electron chi connectivity index (χ1n) is 7.66. The van der Waals surface area contributed by atoms with Crippen LogP contribution in [0.1, 0.15) is 27.6 Å². The lowest BCUT2D eigenvalue weighted by atomic mass is 10.1. The van der Waals surface area contributed by atoms with E-state index in [2.05, 4.69) is 10.1 Å². The number of carbonyl (C=O) groups excluding carboxylic acids is 2. The predicted molar refractivity (Wildman–Crippen MR) is 90.0 cm³/mol. The van der Waals surface area contributed by atoms with E-state index in [1.54, 1.807) is 19.1 Å². The van der Waals surface area contributed by atoms with E-state index in [0.29, 0.717) is 11.3 Å². The lowest BCUT2D eigenvalue weighted by Crippen LogP contribution is -2.13. The zero-order valence-electron chi connectivity index (χ0n) is 14.1. The number of hydrogen-bond donors (Lipinski definition) is 1. The zero-order valence-corrected chi connectivity index (χ0v) is 14.1. The van der Waals surface area contributed by atoms with Gasteiger partial charge in [0.2, 0.25) is 0 Å². The molecule has 0 saturated carbocycles. The van der Waals surface area contributed by atoms with Gasteiger partial charge in [0.1, 0.15) is 0 Å². The third-order valence-corrected chi connectivity index (χ3v) is 3.30. The van der Waals surface area contributed by atoms with Gasteiger partial charge in [0, 0.05) is 11.3 Å². The molecule has 0 aliphatic carbocycles. The van der Waals surface area contributed by atoms with Gasteiger partial charge in [-0.25, -0.2) is 4.79 Å². The lowest BCUT2D eigenvalue weighted by Gasteiger charge is -2.11. The molecule has 26 heavy (non-hydrogen) atoms. The zero-order chi connectivity index (χ0) is 19.1. The summed E-state index contributed by atoms with van der Waals surface area (Å²) in [7, 11) is 1.28. The van der Waals surface area contributed by atoms with Gasteiger partial charge < -0.3 is 19.5 Å². The van der Waals surface area contributed by atoms with E-state index in [0.717, 1.165) is 0 Å². The van der Waals surface area contributed by atoms with Crippen LogP contribution in [0, 0.1) is 0 Å². The minimum absolute atomic E-state index is 0.00982. The van der Waals surface area contributed by atoms with Crippen molar-refractivity contribution in [3.63, 3.8) is 0 Å². The second-order valence-electron chi connectivity index (χ2n) is 5.00. The maximum atomic E-state index is 12.3. The highest BCUT2D eigenvalue weighted by Gasteiger charge is 2.14. The number of esters is 1. The van der Waals surface area contributed by atoms with Gasteiger partial charge in [-0.3, -0.25) is 4.79 Å². The van der Waals surface area contributed by atoms with Gasteiger partial charge in [-0.2, -0.15) is 8.78 Å². The van der Waals surface area contributed by atoms with Crippen LogP contribution in [-0.2, 0) is 4.74 Å². The molecule has 1 amide bonds. The van der Waals surface area contributed by atoms with Gasteiger partial charge in [-0.05, 0) is 49.4 Å². The quantitative estimate of drug-likeness (QED) is 0.757. The Kier molecular flexibility index (Phi) is 6.48. The summed E-state index contributed by atoms with van der Waals surface area (Å²) in [4.78, 5) is 23.9. The molecule has 0 bridgehead atoms. The summed E-state index contributed by atoms with van der Waals surface area (Å²) in [6.45, 7) is -1.02. The largest absolute Gasteiger partial charge is 0.493 e. The molecule has 2 aromatic carbocycles. The van der Waals surface area contributed by atoms with E-state index < -0.39 is 18.5 Å². The molecular weight excluding hydrogens is 348 g/mol. The Hall–Kier alpha value is -3.16. The number of nitrogens with one attached hydrogen (secondary N) is 1. The van der Waals surface area contributed by atoms with Crippen LogP contribution in [0.15, 0.2) is 42.5 Å². The van der Waals surface area contributed by atoms with E-state index in [1.165, 1.54) is 37.4 Å². The first-order chi connectivity index (χ1) is 12.4. The second-order valence-corrected chi connectivity index (χ2v) is 5.00. The van der Waals surface area contributed by atoms with Crippen molar-refractivity contribution >= 4 is 17.6 Å². The molecule has 0 atom stereocenters. The van der Waals surface area contributed by atoms with Crippen molar-refractivity contribution in [1.82, 2.24) is 0 Å². The number of carbonyl (C=O) groups is 2. The van der Waals surface area contributed by atoms with E-state index >= 15 is 0 Å². The summed E-state index contributed by atoms with van der Waals surface area (Å²) < 4.78 is 38.8. The third kappa shape index (κ3) is 4.92. The molecule has 1 N–H and O–H groups in total. The summed E-state index contributed by atoms with van der Waals surface area (Å²) in [5.74, 6) is -1.09. The van der Waals surface area contributed by atoms with E-state index in [9.17, 15) is 18.4 Å². The van der Waals surface area contributed by atoms with Crippen LogP contribution in [0.25, 0.3) is 0 Å². The molecule has 6 nitrogen and oxygen atoms in total. The number of methoxy groups -OCH3 is 1. The number of benzene rings is 2. The predicted octanol–water partition coefficient (Wildman–Crippen LogP) is 3.73. The summed E-state index contributed by atoms with van der Waals surface area (Å²) in [5, 5.41) is 2.63. The molecule has 0 aliphatic rings. The maximum Gasteiger partial charge on any atom is 0.387 e. The second kappa shape index (κ2) is 8.80. The molecule has 0 fully saturated rings. The fourth-order valence-corrected chi connectivity index (χ4v) is 2.11. The average molecular weight is 365 g/mol. The Morgan fingerprint density at radius 2 is 1.69 bits per heavy atom. The molecular formula is C18H17F2NO5. The van der Waals surface area contributed by atoms with Crippen molar-refractivity contribution in [2.24, 2.45) is 0 Å². The fourth-order valence-electron chi connectivity index (χ4n) is 2.11. The van der Waals surface area contributed by atoms with E-state index in [1.807, 2.05) is 0 Å². The lowest BCUT2D eigenvalue weighted by molar-refractivity contribution is -0.0512. The van der Waals surface area contributed by atoms with Gasteiger partial charge >= 0.3 is 12.6 Å². The molecule has 8 heteroatoms.